The normalized spacial score (nSPS) is 12.5. The van der Waals surface area contributed by atoms with Crippen molar-refractivity contribution in [3.8, 4) is 16.9 Å². The van der Waals surface area contributed by atoms with Gasteiger partial charge in [0.1, 0.15) is 17.6 Å². The van der Waals surface area contributed by atoms with Crippen molar-refractivity contribution >= 4 is 45.6 Å². The third kappa shape index (κ3) is 3.26. The highest BCUT2D eigenvalue weighted by Crippen LogP contribution is 2.41. The number of pyridine rings is 2. The number of anilines is 1. The maximum atomic E-state index is 14.0. The van der Waals surface area contributed by atoms with Gasteiger partial charge in [-0.2, -0.15) is 0 Å². The molecular formula is C22H15Cl2FN4O2. The molecule has 0 aliphatic heterocycles. The average molecular weight is 457 g/mol. The molecule has 156 valence electrons. The molecular weight excluding hydrogens is 442 g/mol. The average Bonchev–Trinajstić information content (AvgIpc) is 3.39. The lowest BCUT2D eigenvalue weighted by molar-refractivity contribution is 0.227. The first kappa shape index (κ1) is 19.7. The summed E-state index contributed by atoms with van der Waals surface area (Å²) in [4.78, 5) is 8.57. The first-order chi connectivity index (χ1) is 14.9. The Labute approximate surface area is 186 Å². The van der Waals surface area contributed by atoms with Crippen molar-refractivity contribution in [2.24, 2.45) is 0 Å². The van der Waals surface area contributed by atoms with E-state index in [1.54, 1.807) is 25.6 Å². The smallest absolute Gasteiger partial charge is 0.205 e. The second kappa shape index (κ2) is 7.44. The molecule has 6 nitrogen and oxygen atoms in total. The lowest BCUT2D eigenvalue weighted by Crippen LogP contribution is -2.08. The third-order valence-corrected chi connectivity index (χ3v) is 5.80. The Morgan fingerprint density at radius 2 is 2.03 bits per heavy atom. The lowest BCUT2D eigenvalue weighted by atomic mass is 10.1. The molecule has 1 aromatic carbocycles. The number of rotatable bonds is 4. The van der Waals surface area contributed by atoms with Gasteiger partial charge in [0.2, 0.25) is 5.75 Å². The minimum absolute atomic E-state index is 0.105. The quantitative estimate of drug-likeness (QED) is 0.320. The summed E-state index contributed by atoms with van der Waals surface area (Å²) in [5.41, 5.74) is 9.33. The van der Waals surface area contributed by atoms with E-state index in [1.807, 2.05) is 28.9 Å². The second-order valence-corrected chi connectivity index (χ2v) is 7.77. The van der Waals surface area contributed by atoms with Crippen LogP contribution in [0.5, 0.6) is 5.75 Å². The van der Waals surface area contributed by atoms with Crippen molar-refractivity contribution in [2.45, 2.75) is 13.0 Å². The summed E-state index contributed by atoms with van der Waals surface area (Å²) in [6.07, 6.45) is 8.03. The molecule has 1 unspecified atom stereocenters. The van der Waals surface area contributed by atoms with E-state index < -0.39 is 11.9 Å². The summed E-state index contributed by atoms with van der Waals surface area (Å²) in [6, 6.07) is 6.52. The van der Waals surface area contributed by atoms with Crippen molar-refractivity contribution < 1.29 is 13.5 Å². The number of nitrogens with two attached hydrogens (primary N) is 1. The van der Waals surface area contributed by atoms with Gasteiger partial charge < -0.3 is 19.3 Å². The highest BCUT2D eigenvalue weighted by atomic mass is 35.5. The standard InChI is InChI=1S/C22H15Cl2FN4O2/c1-11(18-15(23)2-3-16(25)19(18)24)31-21-20-13(9-28-22(21)26)14(10-30-20)12-4-6-29-7-5-27-17(29)8-12/h2-11H,1H3,(H2,26,28). The molecule has 5 aromatic rings. The minimum atomic E-state index is -0.708. The van der Waals surface area contributed by atoms with Crippen LogP contribution >= 0.6 is 23.2 Å². The van der Waals surface area contributed by atoms with Crippen molar-refractivity contribution in [3.63, 3.8) is 0 Å². The van der Waals surface area contributed by atoms with Gasteiger partial charge in [-0.15, -0.1) is 0 Å². The fourth-order valence-corrected chi connectivity index (χ4v) is 4.22. The fourth-order valence-electron chi connectivity index (χ4n) is 3.55. The number of fused-ring (bicyclic) bond motifs is 2. The van der Waals surface area contributed by atoms with E-state index in [0.717, 1.165) is 16.8 Å². The van der Waals surface area contributed by atoms with Crippen LogP contribution in [0.3, 0.4) is 0 Å². The van der Waals surface area contributed by atoms with Gasteiger partial charge in [-0.1, -0.05) is 23.2 Å². The number of aromatic nitrogens is 3. The van der Waals surface area contributed by atoms with Crippen molar-refractivity contribution in [3.05, 3.63) is 76.7 Å². The molecule has 0 saturated heterocycles. The monoisotopic (exact) mass is 456 g/mol. The zero-order valence-corrected chi connectivity index (χ0v) is 17.7. The fraction of sp³-hybridized carbons (Fsp3) is 0.0909. The summed E-state index contributed by atoms with van der Waals surface area (Å²) >= 11 is 12.4. The number of nitrogens with zero attached hydrogens (tertiary/aromatic N) is 3. The predicted molar refractivity (Wildman–Crippen MR) is 118 cm³/mol. The number of ether oxygens (including phenoxy) is 1. The molecule has 31 heavy (non-hydrogen) atoms. The Bertz CT molecular complexity index is 1450. The van der Waals surface area contributed by atoms with Crippen LogP contribution in [-0.2, 0) is 0 Å². The number of hydrogen-bond donors (Lipinski definition) is 1. The number of furan rings is 1. The van der Waals surface area contributed by atoms with Crippen molar-refractivity contribution in [1.29, 1.82) is 0 Å². The summed E-state index contributed by atoms with van der Waals surface area (Å²) in [5, 5.41) is 0.890. The zero-order valence-electron chi connectivity index (χ0n) is 16.1. The van der Waals surface area contributed by atoms with Crippen LogP contribution < -0.4 is 10.5 Å². The molecule has 0 bridgehead atoms. The summed E-state index contributed by atoms with van der Waals surface area (Å²) in [7, 11) is 0. The molecule has 4 heterocycles. The molecule has 0 aliphatic rings. The molecule has 1 atom stereocenters. The Kier molecular flexibility index (Phi) is 4.72. The van der Waals surface area contributed by atoms with Crippen molar-refractivity contribution in [2.75, 3.05) is 5.73 Å². The lowest BCUT2D eigenvalue weighted by Gasteiger charge is -2.18. The van der Waals surface area contributed by atoms with Gasteiger partial charge in [0, 0.05) is 40.9 Å². The van der Waals surface area contributed by atoms with Crippen LogP contribution in [0.2, 0.25) is 10.0 Å². The molecule has 4 aromatic heterocycles. The summed E-state index contributed by atoms with van der Waals surface area (Å²) in [6.45, 7) is 1.70. The van der Waals surface area contributed by atoms with Gasteiger partial charge in [-0.3, -0.25) is 0 Å². The highest BCUT2D eigenvalue weighted by Gasteiger charge is 2.23. The number of benzene rings is 1. The van der Waals surface area contributed by atoms with Crippen LogP contribution in [0.4, 0.5) is 10.2 Å². The van der Waals surface area contributed by atoms with Crippen LogP contribution in [0.1, 0.15) is 18.6 Å². The Hall–Kier alpha value is -3.29. The maximum Gasteiger partial charge on any atom is 0.205 e. The Balaban J connectivity index is 1.59. The predicted octanol–water partition coefficient (Wildman–Crippen LogP) is 6.31. The number of halogens is 3. The first-order valence-corrected chi connectivity index (χ1v) is 10.1. The van der Waals surface area contributed by atoms with E-state index in [-0.39, 0.29) is 21.6 Å². The topological polar surface area (TPSA) is 78.6 Å². The van der Waals surface area contributed by atoms with E-state index in [1.165, 1.54) is 12.1 Å². The van der Waals surface area contributed by atoms with Gasteiger partial charge in [0.05, 0.1) is 16.7 Å². The van der Waals surface area contributed by atoms with E-state index in [0.29, 0.717) is 16.5 Å². The molecule has 0 fully saturated rings. The molecule has 0 amide bonds. The molecule has 0 spiro atoms. The Morgan fingerprint density at radius 1 is 1.19 bits per heavy atom. The number of nitrogen functional groups attached to an aromatic ring is 1. The molecule has 5 rings (SSSR count). The van der Waals surface area contributed by atoms with Gasteiger partial charge in [0.25, 0.3) is 0 Å². The van der Waals surface area contributed by atoms with Crippen LogP contribution in [-0.4, -0.2) is 14.4 Å². The molecule has 0 saturated carbocycles. The molecule has 2 N–H and O–H groups in total. The summed E-state index contributed by atoms with van der Waals surface area (Å²) < 4.78 is 27.7. The van der Waals surface area contributed by atoms with Gasteiger partial charge in [0.15, 0.2) is 11.4 Å². The molecule has 9 heteroatoms. The zero-order chi connectivity index (χ0) is 21.7. The van der Waals surface area contributed by atoms with Crippen LogP contribution in [0.15, 0.2) is 59.7 Å². The maximum absolute atomic E-state index is 14.0. The van der Waals surface area contributed by atoms with Crippen LogP contribution in [0, 0.1) is 5.82 Å². The van der Waals surface area contributed by atoms with Gasteiger partial charge in [-0.05, 0) is 36.8 Å². The first-order valence-electron chi connectivity index (χ1n) is 9.33. The van der Waals surface area contributed by atoms with Crippen molar-refractivity contribution in [1.82, 2.24) is 14.4 Å². The third-order valence-electron chi connectivity index (χ3n) is 5.09. The Morgan fingerprint density at radius 3 is 2.87 bits per heavy atom. The number of hydrogen-bond acceptors (Lipinski definition) is 5. The molecule has 0 radical (unpaired) electrons. The second-order valence-electron chi connectivity index (χ2n) is 6.99. The van der Waals surface area contributed by atoms with E-state index in [9.17, 15) is 4.39 Å². The van der Waals surface area contributed by atoms with Gasteiger partial charge in [-0.25, -0.2) is 14.4 Å². The van der Waals surface area contributed by atoms with Crippen LogP contribution in [0.25, 0.3) is 27.7 Å². The summed E-state index contributed by atoms with van der Waals surface area (Å²) in [5.74, 6) is -0.224. The molecule has 0 aliphatic carbocycles. The van der Waals surface area contributed by atoms with E-state index in [4.69, 9.17) is 38.1 Å². The largest absolute Gasteiger partial charge is 0.478 e. The SMILES string of the molecule is CC(Oc1c(N)ncc2c(-c3ccn4ccnc4c3)coc12)c1c(Cl)ccc(F)c1Cl. The van der Waals surface area contributed by atoms with Gasteiger partial charge >= 0.3 is 0 Å². The number of imidazole rings is 1. The minimum Gasteiger partial charge on any atom is -0.478 e. The highest BCUT2D eigenvalue weighted by molar-refractivity contribution is 6.36. The van der Waals surface area contributed by atoms with E-state index >= 15 is 0 Å². The van der Waals surface area contributed by atoms with E-state index in [2.05, 4.69) is 9.97 Å².